The van der Waals surface area contributed by atoms with Crippen molar-refractivity contribution in [2.45, 2.75) is 6.92 Å². The second-order valence-electron chi connectivity index (χ2n) is 6.92. The van der Waals surface area contributed by atoms with Crippen LogP contribution in [0.5, 0.6) is 0 Å². The first-order valence-electron chi connectivity index (χ1n) is 8.48. The molecular weight excluding hydrogens is 328 g/mol. The van der Waals surface area contributed by atoms with Crippen molar-refractivity contribution in [2.24, 2.45) is 11.8 Å². The summed E-state index contributed by atoms with van der Waals surface area (Å²) < 4.78 is 0. The molecule has 5 rings (SSSR count). The maximum atomic E-state index is 13.2. The molecule has 4 heteroatoms. The van der Waals surface area contributed by atoms with E-state index in [0.717, 1.165) is 0 Å². The fourth-order valence-electron chi connectivity index (χ4n) is 4.55. The third kappa shape index (κ3) is 1.61. The number of Topliss-reactive ketones (excluding diaryl/α,β-unsaturated/α-hetero) is 3. The van der Waals surface area contributed by atoms with E-state index in [2.05, 4.69) is 0 Å². The molecule has 3 aliphatic carbocycles. The normalized spacial score (nSPS) is 23.7. The topological polar surface area (TPSA) is 71.4 Å². The van der Waals surface area contributed by atoms with E-state index in [1.165, 1.54) is 0 Å². The number of hydrogen-bond acceptors (Lipinski definition) is 4. The molecule has 0 amide bonds. The highest BCUT2D eigenvalue weighted by molar-refractivity contribution is 6.25. The molecule has 0 aliphatic heterocycles. The smallest absolute Gasteiger partial charge is 0.194 e. The maximum absolute atomic E-state index is 13.2. The van der Waals surface area contributed by atoms with Crippen molar-refractivity contribution in [3.05, 3.63) is 87.5 Å². The minimum Gasteiger partial charge on any atom is -0.507 e. The summed E-state index contributed by atoms with van der Waals surface area (Å²) in [5, 5.41) is 10.9. The van der Waals surface area contributed by atoms with Crippen LogP contribution >= 0.6 is 0 Å². The lowest BCUT2D eigenvalue weighted by molar-refractivity contribution is 0.0797. The quantitative estimate of drug-likeness (QED) is 0.790. The zero-order valence-corrected chi connectivity index (χ0v) is 13.9. The van der Waals surface area contributed by atoms with Gasteiger partial charge in [-0.3, -0.25) is 14.4 Å². The van der Waals surface area contributed by atoms with Crippen molar-refractivity contribution in [1.29, 1.82) is 0 Å². The highest BCUT2D eigenvalue weighted by Gasteiger charge is 2.53. The van der Waals surface area contributed by atoms with Crippen LogP contribution in [0.15, 0.2) is 65.3 Å². The Balaban J connectivity index is 1.84. The molecule has 0 saturated heterocycles. The molecule has 0 fully saturated rings. The molecule has 2 aromatic rings. The molecule has 0 saturated carbocycles. The SMILES string of the molecule is CC1=C2C(=O)c3ccccc3C(O)=C2C2C(=O)c3ccccc3C(=O)C12. The summed E-state index contributed by atoms with van der Waals surface area (Å²) in [7, 11) is 0. The average molecular weight is 342 g/mol. The number of allylic oxidation sites excluding steroid dienone is 3. The predicted molar refractivity (Wildman–Crippen MR) is 95.1 cm³/mol. The Morgan fingerprint density at radius 3 is 1.85 bits per heavy atom. The highest BCUT2D eigenvalue weighted by Crippen LogP contribution is 2.52. The molecule has 4 nitrogen and oxygen atoms in total. The summed E-state index contributed by atoms with van der Waals surface area (Å²) in [6.45, 7) is 1.72. The predicted octanol–water partition coefficient (Wildman–Crippen LogP) is 3.79. The van der Waals surface area contributed by atoms with E-state index in [0.29, 0.717) is 39.0 Å². The Hall–Kier alpha value is -3.27. The molecule has 2 atom stereocenters. The number of aliphatic hydroxyl groups is 1. The molecule has 2 unspecified atom stereocenters. The van der Waals surface area contributed by atoms with E-state index in [1.807, 2.05) is 0 Å². The van der Waals surface area contributed by atoms with Crippen LogP contribution in [0.1, 0.15) is 43.6 Å². The zero-order valence-electron chi connectivity index (χ0n) is 13.9. The number of ketones is 3. The molecule has 2 aromatic carbocycles. The molecule has 0 spiro atoms. The lowest BCUT2D eigenvalue weighted by atomic mass is 9.71. The highest BCUT2D eigenvalue weighted by atomic mass is 16.3. The van der Waals surface area contributed by atoms with Gasteiger partial charge in [0.2, 0.25) is 0 Å². The zero-order chi connectivity index (χ0) is 18.2. The minimum absolute atomic E-state index is 0.0671. The van der Waals surface area contributed by atoms with E-state index in [1.54, 1.807) is 55.5 Å². The van der Waals surface area contributed by atoms with Gasteiger partial charge in [-0.2, -0.15) is 0 Å². The summed E-state index contributed by atoms with van der Waals surface area (Å²) in [5.74, 6) is -2.23. The number of benzene rings is 2. The second kappa shape index (κ2) is 4.88. The van der Waals surface area contributed by atoms with Gasteiger partial charge in [0, 0.05) is 33.4 Å². The van der Waals surface area contributed by atoms with E-state index < -0.39 is 11.8 Å². The number of hydrogen-bond donors (Lipinski definition) is 1. The van der Waals surface area contributed by atoms with Gasteiger partial charge in [0.25, 0.3) is 0 Å². The lowest BCUT2D eigenvalue weighted by Gasteiger charge is -2.28. The standard InChI is InChI=1S/C22H14O4/c1-10-15-17(21(25)13-8-4-2-6-11(13)19(15)23)18-16(10)20(24)12-7-3-5-9-14(12)22(18)26/h2-9,15,17,26H,1H3. The van der Waals surface area contributed by atoms with Gasteiger partial charge >= 0.3 is 0 Å². The molecule has 0 bridgehead atoms. The first-order valence-corrected chi connectivity index (χ1v) is 8.48. The van der Waals surface area contributed by atoms with Gasteiger partial charge in [0.1, 0.15) is 5.76 Å². The third-order valence-corrected chi connectivity index (χ3v) is 5.71. The molecule has 126 valence electrons. The van der Waals surface area contributed by atoms with Crippen molar-refractivity contribution < 1.29 is 19.5 Å². The first kappa shape index (κ1) is 15.0. The molecule has 0 aromatic heterocycles. The second-order valence-corrected chi connectivity index (χ2v) is 6.92. The van der Waals surface area contributed by atoms with Gasteiger partial charge in [-0.1, -0.05) is 48.5 Å². The van der Waals surface area contributed by atoms with E-state index in [-0.39, 0.29) is 23.1 Å². The van der Waals surface area contributed by atoms with E-state index >= 15 is 0 Å². The molecular formula is C22H14O4. The van der Waals surface area contributed by atoms with Gasteiger partial charge in [0.15, 0.2) is 17.3 Å². The largest absolute Gasteiger partial charge is 0.507 e. The summed E-state index contributed by atoms with van der Waals surface area (Å²) in [5.41, 5.74) is 2.78. The van der Waals surface area contributed by atoms with Crippen LogP contribution in [0, 0.1) is 11.8 Å². The van der Waals surface area contributed by atoms with Gasteiger partial charge in [0.05, 0.1) is 11.8 Å². The Morgan fingerprint density at radius 1 is 0.731 bits per heavy atom. The van der Waals surface area contributed by atoms with Crippen molar-refractivity contribution in [3.63, 3.8) is 0 Å². The molecule has 1 N–H and O–H groups in total. The van der Waals surface area contributed by atoms with E-state index in [9.17, 15) is 19.5 Å². The molecule has 26 heavy (non-hydrogen) atoms. The minimum atomic E-state index is -0.829. The summed E-state index contributed by atoms with van der Waals surface area (Å²) in [6.07, 6.45) is 0. The van der Waals surface area contributed by atoms with E-state index in [4.69, 9.17) is 0 Å². The summed E-state index contributed by atoms with van der Waals surface area (Å²) >= 11 is 0. The van der Waals surface area contributed by atoms with Gasteiger partial charge in [-0.05, 0) is 12.5 Å². The van der Waals surface area contributed by atoms with Crippen LogP contribution in [-0.4, -0.2) is 22.5 Å². The Morgan fingerprint density at radius 2 is 1.23 bits per heavy atom. The van der Waals surface area contributed by atoms with Crippen molar-refractivity contribution >= 4 is 23.1 Å². The Kier molecular flexibility index (Phi) is 2.82. The first-order chi connectivity index (χ1) is 12.5. The van der Waals surface area contributed by atoms with Gasteiger partial charge in [-0.15, -0.1) is 0 Å². The van der Waals surface area contributed by atoms with Gasteiger partial charge < -0.3 is 5.11 Å². The van der Waals surface area contributed by atoms with Crippen LogP contribution in [0.2, 0.25) is 0 Å². The number of fused-ring (bicyclic) bond motifs is 5. The van der Waals surface area contributed by atoms with Crippen LogP contribution in [0.3, 0.4) is 0 Å². The fourth-order valence-corrected chi connectivity index (χ4v) is 4.55. The number of carbonyl (C=O) groups is 3. The summed E-state index contributed by atoms with van der Waals surface area (Å²) in [4.78, 5) is 39.3. The Labute approximate surface area is 149 Å². The monoisotopic (exact) mass is 342 g/mol. The van der Waals surface area contributed by atoms with Crippen LogP contribution in [0.4, 0.5) is 0 Å². The van der Waals surface area contributed by atoms with Crippen LogP contribution in [-0.2, 0) is 0 Å². The van der Waals surface area contributed by atoms with Crippen LogP contribution < -0.4 is 0 Å². The maximum Gasteiger partial charge on any atom is 0.194 e. The molecule has 0 radical (unpaired) electrons. The number of aliphatic hydroxyl groups excluding tert-OH is 1. The number of rotatable bonds is 0. The van der Waals surface area contributed by atoms with Gasteiger partial charge in [-0.25, -0.2) is 0 Å². The van der Waals surface area contributed by atoms with Crippen molar-refractivity contribution in [2.75, 3.05) is 0 Å². The Bertz CT molecular complexity index is 1120. The van der Waals surface area contributed by atoms with Crippen molar-refractivity contribution in [3.8, 4) is 0 Å². The molecule has 0 heterocycles. The van der Waals surface area contributed by atoms with Crippen LogP contribution in [0.25, 0.3) is 5.76 Å². The fraction of sp³-hybridized carbons (Fsp3) is 0.136. The average Bonchev–Trinajstić information content (AvgIpc) is 2.98. The van der Waals surface area contributed by atoms with Crippen molar-refractivity contribution in [1.82, 2.24) is 0 Å². The summed E-state index contributed by atoms with van der Waals surface area (Å²) in [6, 6.07) is 13.5. The lowest BCUT2D eigenvalue weighted by Crippen LogP contribution is -2.35. The molecule has 3 aliphatic rings. The number of carbonyl (C=O) groups excluding carboxylic acids is 3. The third-order valence-electron chi connectivity index (χ3n) is 5.71.